The molecule has 42 heavy (non-hydrogen) atoms. The second kappa shape index (κ2) is 11.1. The van der Waals surface area contributed by atoms with Crippen molar-refractivity contribution in [2.75, 3.05) is 13.2 Å². The van der Waals surface area contributed by atoms with Crippen LogP contribution in [-0.4, -0.2) is 60.1 Å². The molecule has 0 amide bonds. The minimum Gasteiger partial charge on any atom is -0.507 e. The lowest BCUT2D eigenvalue weighted by molar-refractivity contribution is 0.0694. The molecule has 0 aromatic heterocycles. The number of fused-ring (bicyclic) bond motifs is 1. The van der Waals surface area contributed by atoms with Gasteiger partial charge in [0, 0.05) is 34.7 Å². The molecule has 2 aromatic carbocycles. The highest BCUT2D eigenvalue weighted by atomic mass is 16.6. The molecule has 0 unspecified atom stereocenters. The van der Waals surface area contributed by atoms with Crippen molar-refractivity contribution in [1.29, 1.82) is 0 Å². The van der Waals surface area contributed by atoms with Crippen molar-refractivity contribution in [2.45, 2.75) is 129 Å². The molecule has 6 nitrogen and oxygen atoms in total. The zero-order valence-corrected chi connectivity index (χ0v) is 27.8. The van der Waals surface area contributed by atoms with Crippen LogP contribution >= 0.6 is 0 Å². The molecule has 2 aliphatic rings. The normalized spacial score (nSPS) is 23.8. The quantitative estimate of drug-likeness (QED) is 0.373. The van der Waals surface area contributed by atoms with Gasteiger partial charge in [-0.2, -0.15) is 0 Å². The number of phenols is 2. The van der Waals surface area contributed by atoms with E-state index in [1.165, 1.54) is 0 Å². The lowest BCUT2D eigenvalue weighted by Gasteiger charge is -2.27. The van der Waals surface area contributed by atoms with Gasteiger partial charge in [-0.15, -0.1) is 0 Å². The van der Waals surface area contributed by atoms with Gasteiger partial charge in [0.2, 0.25) is 0 Å². The van der Waals surface area contributed by atoms with Gasteiger partial charge in [-0.25, -0.2) is 0 Å². The maximum Gasteiger partial charge on any atom is 0.128 e. The summed E-state index contributed by atoms with van der Waals surface area (Å²) in [5, 5.41) is 22.3. The highest BCUT2D eigenvalue weighted by Crippen LogP contribution is 2.39. The minimum absolute atomic E-state index is 0.0634. The Labute approximate surface area is 253 Å². The predicted octanol–water partition coefficient (Wildman–Crippen LogP) is 7.36. The number of aliphatic imine (C=N–C) groups is 2. The fraction of sp³-hybridized carbons (Fsp3) is 0.611. The van der Waals surface area contributed by atoms with Crippen molar-refractivity contribution in [3.8, 4) is 11.5 Å². The summed E-state index contributed by atoms with van der Waals surface area (Å²) in [5.74, 6) is 0.549. The summed E-state index contributed by atoms with van der Waals surface area (Å²) >= 11 is 0. The van der Waals surface area contributed by atoms with Crippen LogP contribution in [0.25, 0.3) is 0 Å². The summed E-state index contributed by atoms with van der Waals surface area (Å²) in [4.78, 5) is 9.72. The molecule has 6 heteroatoms. The molecular formula is C36H52N2O4. The van der Waals surface area contributed by atoms with Gasteiger partial charge in [-0.3, -0.25) is 9.98 Å². The Morgan fingerprint density at radius 2 is 0.905 bits per heavy atom. The molecule has 0 radical (unpaired) electrons. The molecule has 0 saturated carbocycles. The van der Waals surface area contributed by atoms with Crippen molar-refractivity contribution in [1.82, 2.24) is 0 Å². The van der Waals surface area contributed by atoms with Gasteiger partial charge in [-0.05, 0) is 44.9 Å². The third-order valence-electron chi connectivity index (χ3n) is 8.44. The number of hydrogen-bond donors (Lipinski definition) is 2. The highest BCUT2D eigenvalue weighted by Gasteiger charge is 2.47. The fourth-order valence-electron chi connectivity index (χ4n) is 5.59. The third kappa shape index (κ3) is 6.75. The Hall–Kier alpha value is -2.70. The molecule has 2 heterocycles. The summed E-state index contributed by atoms with van der Waals surface area (Å²) in [6.07, 6.45) is 3.14. The molecular weight excluding hydrogens is 524 g/mol. The Morgan fingerprint density at radius 1 is 0.571 bits per heavy atom. The summed E-state index contributed by atoms with van der Waals surface area (Å²) in [5.41, 5.74) is 5.04. The van der Waals surface area contributed by atoms with Crippen LogP contribution in [0.5, 0.6) is 11.5 Å². The number of hydrogen-bond acceptors (Lipinski definition) is 6. The number of nitrogens with zero attached hydrogens (tertiary/aromatic N) is 2. The first-order valence-corrected chi connectivity index (χ1v) is 15.2. The zero-order valence-electron chi connectivity index (χ0n) is 27.8. The molecule has 2 N–H and O–H groups in total. The number of rotatable bonds is 4. The van der Waals surface area contributed by atoms with E-state index in [0.717, 1.165) is 22.3 Å². The van der Waals surface area contributed by atoms with E-state index in [2.05, 4.69) is 95.2 Å². The molecule has 2 aliphatic heterocycles. The number of benzene rings is 2. The van der Waals surface area contributed by atoms with Crippen molar-refractivity contribution in [3.05, 3.63) is 57.6 Å². The van der Waals surface area contributed by atoms with Crippen LogP contribution in [0.2, 0.25) is 0 Å². The van der Waals surface area contributed by atoms with Crippen LogP contribution in [0.1, 0.15) is 116 Å². The molecule has 0 aliphatic carbocycles. The van der Waals surface area contributed by atoms with Crippen molar-refractivity contribution in [3.63, 3.8) is 0 Å². The van der Waals surface area contributed by atoms with Gasteiger partial charge in [0.15, 0.2) is 0 Å². The Bertz CT molecular complexity index is 1260. The van der Waals surface area contributed by atoms with Crippen molar-refractivity contribution in [2.24, 2.45) is 9.98 Å². The topological polar surface area (TPSA) is 83.6 Å². The average molecular weight is 577 g/mol. The van der Waals surface area contributed by atoms with Crippen LogP contribution in [-0.2, 0) is 31.1 Å². The lowest BCUT2D eigenvalue weighted by Crippen LogP contribution is -2.30. The maximum atomic E-state index is 11.2. The summed E-state index contributed by atoms with van der Waals surface area (Å²) < 4.78 is 12.3. The van der Waals surface area contributed by atoms with E-state index in [0.29, 0.717) is 24.3 Å². The lowest BCUT2D eigenvalue weighted by atomic mass is 9.79. The Morgan fingerprint density at radius 3 is 1.19 bits per heavy atom. The second-order valence-corrected chi connectivity index (χ2v) is 16.2. The summed E-state index contributed by atoms with van der Waals surface area (Å²) in [7, 11) is 0. The first-order valence-electron chi connectivity index (χ1n) is 15.2. The molecule has 2 saturated heterocycles. The fourth-order valence-corrected chi connectivity index (χ4v) is 5.59. The average Bonchev–Trinajstić information content (AvgIpc) is 3.42. The molecule has 4 atom stereocenters. The largest absolute Gasteiger partial charge is 0.507 e. The van der Waals surface area contributed by atoms with E-state index in [-0.39, 0.29) is 57.5 Å². The van der Waals surface area contributed by atoms with E-state index in [1.54, 1.807) is 12.4 Å². The van der Waals surface area contributed by atoms with Gasteiger partial charge < -0.3 is 19.7 Å². The first kappa shape index (κ1) is 32.2. The first-order chi connectivity index (χ1) is 19.2. The number of aromatic hydroxyl groups is 2. The van der Waals surface area contributed by atoms with Gasteiger partial charge >= 0.3 is 0 Å². The Balaban J connectivity index is 1.57. The van der Waals surface area contributed by atoms with E-state index in [9.17, 15) is 10.2 Å². The summed E-state index contributed by atoms with van der Waals surface area (Å²) in [6, 6.07) is 7.93. The van der Waals surface area contributed by atoms with E-state index in [4.69, 9.17) is 19.5 Å². The zero-order chi connectivity index (χ0) is 31.4. The van der Waals surface area contributed by atoms with Crippen LogP contribution in [0, 0.1) is 0 Å². The Kier molecular flexibility index (Phi) is 8.51. The molecule has 2 fully saturated rings. The van der Waals surface area contributed by atoms with Gasteiger partial charge in [0.05, 0.1) is 13.2 Å². The van der Waals surface area contributed by atoms with Gasteiger partial charge in [0.25, 0.3) is 0 Å². The number of phenolic OH excluding ortho intramolecular Hbond substituents is 2. The van der Waals surface area contributed by atoms with E-state index in [1.807, 2.05) is 12.1 Å². The highest BCUT2D eigenvalue weighted by molar-refractivity contribution is 5.86. The third-order valence-corrected chi connectivity index (χ3v) is 8.44. The second-order valence-electron chi connectivity index (χ2n) is 16.2. The predicted molar refractivity (Wildman–Crippen MR) is 173 cm³/mol. The van der Waals surface area contributed by atoms with Crippen molar-refractivity contribution >= 4 is 12.4 Å². The number of ether oxygens (including phenoxy) is 2. The van der Waals surface area contributed by atoms with Gasteiger partial charge in [0.1, 0.15) is 35.8 Å². The standard InChI is InChI=1S/C36H52N2O4/c1-33(2,3)23-13-21(29(39)25(15-23)35(7,8)9)17-37-27-19-41-32-28(20-42-31(27)32)38-18-22-14-24(34(4,5)6)16-26(30(22)40)36(10,11)12/h13-18,27-28,31-32,39-40H,19-20H2,1-12H3/t27-,28-,31+,32+/m0/s1. The van der Waals surface area contributed by atoms with Crippen LogP contribution < -0.4 is 0 Å². The summed E-state index contributed by atoms with van der Waals surface area (Å²) in [6.45, 7) is 26.6. The maximum absolute atomic E-state index is 11.2. The molecule has 230 valence electrons. The smallest absolute Gasteiger partial charge is 0.128 e. The van der Waals surface area contributed by atoms with Gasteiger partial charge in [-0.1, -0.05) is 95.2 Å². The van der Waals surface area contributed by atoms with Crippen LogP contribution in [0.4, 0.5) is 0 Å². The molecule has 2 aromatic rings. The SMILES string of the molecule is CC(C)(C)c1cc(C=N[C@H]2CO[C@H]3[C@@H]2OC[C@@H]3N=Cc2cc(C(C)(C)C)cc(C(C)(C)C)c2O)c(O)c(C(C)(C)C)c1. The molecule has 4 rings (SSSR count). The molecule has 0 bridgehead atoms. The minimum atomic E-state index is -0.210. The van der Waals surface area contributed by atoms with Crippen LogP contribution in [0.3, 0.4) is 0 Å². The van der Waals surface area contributed by atoms with Crippen LogP contribution in [0.15, 0.2) is 34.3 Å². The van der Waals surface area contributed by atoms with E-state index >= 15 is 0 Å². The molecule has 0 spiro atoms. The van der Waals surface area contributed by atoms with Crippen molar-refractivity contribution < 1.29 is 19.7 Å². The monoisotopic (exact) mass is 576 g/mol. The van der Waals surface area contributed by atoms with E-state index < -0.39 is 0 Å².